The average molecular weight is 559 g/mol. The molecule has 0 atom stereocenters. The van der Waals surface area contributed by atoms with Crippen LogP contribution in [0.15, 0.2) is 87.3 Å². The van der Waals surface area contributed by atoms with Crippen molar-refractivity contribution in [2.24, 2.45) is 5.10 Å². The predicted molar refractivity (Wildman–Crippen MR) is 143 cm³/mol. The van der Waals surface area contributed by atoms with Gasteiger partial charge in [0.05, 0.1) is 29.1 Å². The van der Waals surface area contributed by atoms with E-state index in [9.17, 15) is 13.2 Å². The van der Waals surface area contributed by atoms with Gasteiger partial charge in [0.15, 0.2) is 0 Å². The van der Waals surface area contributed by atoms with Crippen molar-refractivity contribution in [1.82, 2.24) is 5.43 Å². The number of benzene rings is 3. The van der Waals surface area contributed by atoms with E-state index in [1.807, 2.05) is 44.1 Å². The Morgan fingerprint density at radius 1 is 1.06 bits per heavy atom. The molecule has 0 aromatic heterocycles. The number of para-hydroxylation sites is 1. The fraction of sp³-hybridized carbons (Fsp3) is 0.200. The molecule has 0 spiro atoms. The highest BCUT2D eigenvalue weighted by atomic mass is 79.9. The van der Waals surface area contributed by atoms with E-state index < -0.39 is 22.5 Å². The van der Waals surface area contributed by atoms with E-state index in [1.165, 1.54) is 18.3 Å². The third-order valence-electron chi connectivity index (χ3n) is 4.91. The number of nitrogens with zero attached hydrogens (tertiary/aromatic N) is 3. The summed E-state index contributed by atoms with van der Waals surface area (Å²) in [6.45, 7) is 1.88. The van der Waals surface area contributed by atoms with Crippen LogP contribution in [0.5, 0.6) is 5.75 Å². The van der Waals surface area contributed by atoms with E-state index in [-0.39, 0.29) is 4.90 Å². The summed E-state index contributed by atoms with van der Waals surface area (Å²) in [6, 6.07) is 20.2. The Balaban J connectivity index is 1.78. The first-order chi connectivity index (χ1) is 16.7. The van der Waals surface area contributed by atoms with Crippen LogP contribution < -0.4 is 19.4 Å². The van der Waals surface area contributed by atoms with Crippen molar-refractivity contribution in [3.63, 3.8) is 0 Å². The second kappa shape index (κ2) is 11.9. The van der Waals surface area contributed by atoms with Crippen molar-refractivity contribution in [2.75, 3.05) is 36.5 Å². The lowest BCUT2D eigenvalue weighted by Crippen LogP contribution is -2.39. The minimum Gasteiger partial charge on any atom is -0.494 e. The zero-order valence-corrected chi connectivity index (χ0v) is 22.1. The quantitative estimate of drug-likeness (QED) is 0.296. The number of anilines is 2. The number of halogens is 1. The summed E-state index contributed by atoms with van der Waals surface area (Å²) in [5.74, 6) is -0.0152. The van der Waals surface area contributed by atoms with Crippen LogP contribution in [0.1, 0.15) is 12.5 Å². The van der Waals surface area contributed by atoms with Crippen molar-refractivity contribution >= 4 is 49.4 Å². The molecule has 0 bridgehead atoms. The third kappa shape index (κ3) is 6.83. The van der Waals surface area contributed by atoms with Gasteiger partial charge in [-0.15, -0.1) is 0 Å². The van der Waals surface area contributed by atoms with Crippen LogP contribution in [0.3, 0.4) is 0 Å². The highest BCUT2D eigenvalue weighted by Gasteiger charge is 2.27. The number of carbonyl (C=O) groups is 1. The first-order valence-electron chi connectivity index (χ1n) is 10.8. The summed E-state index contributed by atoms with van der Waals surface area (Å²) in [5.41, 5.74) is 4.55. The molecule has 3 rings (SSSR count). The number of hydrogen-bond acceptors (Lipinski definition) is 6. The van der Waals surface area contributed by atoms with E-state index in [1.54, 1.807) is 42.5 Å². The zero-order chi connectivity index (χ0) is 25.4. The van der Waals surface area contributed by atoms with E-state index in [4.69, 9.17) is 4.74 Å². The molecule has 3 aromatic rings. The topological polar surface area (TPSA) is 91.3 Å². The van der Waals surface area contributed by atoms with Gasteiger partial charge in [-0.1, -0.05) is 24.3 Å². The Kier molecular flexibility index (Phi) is 8.89. The van der Waals surface area contributed by atoms with Crippen molar-refractivity contribution in [3.05, 3.63) is 82.8 Å². The molecular weight excluding hydrogens is 532 g/mol. The lowest BCUT2D eigenvalue weighted by Gasteiger charge is -2.23. The molecule has 3 aromatic carbocycles. The molecule has 0 radical (unpaired) electrons. The van der Waals surface area contributed by atoms with Gasteiger partial charge < -0.3 is 9.64 Å². The molecule has 0 fully saturated rings. The smallest absolute Gasteiger partial charge is 0.264 e. The molecule has 8 nitrogen and oxygen atoms in total. The molecule has 0 aliphatic heterocycles. The van der Waals surface area contributed by atoms with Crippen molar-refractivity contribution < 1.29 is 17.9 Å². The largest absolute Gasteiger partial charge is 0.494 e. The molecule has 1 N–H and O–H groups in total. The first kappa shape index (κ1) is 26.2. The van der Waals surface area contributed by atoms with Gasteiger partial charge in [0.1, 0.15) is 12.3 Å². The highest BCUT2D eigenvalue weighted by Crippen LogP contribution is 2.26. The second-order valence-corrected chi connectivity index (χ2v) is 10.4. The molecule has 184 valence electrons. The summed E-state index contributed by atoms with van der Waals surface area (Å²) < 4.78 is 34.2. The van der Waals surface area contributed by atoms with Crippen molar-refractivity contribution in [1.29, 1.82) is 0 Å². The van der Waals surface area contributed by atoms with Crippen LogP contribution in [-0.2, 0) is 14.8 Å². The lowest BCUT2D eigenvalue weighted by atomic mass is 10.2. The van der Waals surface area contributed by atoms with Gasteiger partial charge in [-0.25, -0.2) is 13.8 Å². The van der Waals surface area contributed by atoms with E-state index in [2.05, 4.69) is 26.5 Å². The maximum absolute atomic E-state index is 13.4. The van der Waals surface area contributed by atoms with Gasteiger partial charge in [0.2, 0.25) is 0 Å². The van der Waals surface area contributed by atoms with Crippen LogP contribution in [0.25, 0.3) is 0 Å². The first-order valence-corrected chi connectivity index (χ1v) is 13.0. The molecular formula is C25H27BrN4O4S. The van der Waals surface area contributed by atoms with E-state index in [0.29, 0.717) is 18.0 Å². The Labute approximate surface area is 214 Å². The number of nitrogens with one attached hydrogen (secondary N) is 1. The van der Waals surface area contributed by atoms with E-state index >= 15 is 0 Å². The maximum atomic E-state index is 13.4. The lowest BCUT2D eigenvalue weighted by molar-refractivity contribution is -0.119. The molecule has 0 aliphatic carbocycles. The number of hydrazone groups is 1. The van der Waals surface area contributed by atoms with Gasteiger partial charge in [-0.05, 0) is 76.9 Å². The monoisotopic (exact) mass is 558 g/mol. The van der Waals surface area contributed by atoms with Crippen LogP contribution >= 0.6 is 15.9 Å². The van der Waals surface area contributed by atoms with Crippen LogP contribution in [0.2, 0.25) is 0 Å². The number of ether oxygens (including phenoxy) is 1. The zero-order valence-electron chi connectivity index (χ0n) is 19.7. The van der Waals surface area contributed by atoms with Gasteiger partial charge in [0.25, 0.3) is 15.9 Å². The average Bonchev–Trinajstić information content (AvgIpc) is 2.83. The summed E-state index contributed by atoms with van der Waals surface area (Å²) in [6.07, 6.45) is 1.50. The molecule has 0 aliphatic rings. The number of sulfonamides is 1. The minimum absolute atomic E-state index is 0.0481. The molecule has 0 saturated carbocycles. The fourth-order valence-corrected chi connectivity index (χ4v) is 5.39. The fourth-order valence-electron chi connectivity index (χ4n) is 3.22. The molecule has 0 heterocycles. The summed E-state index contributed by atoms with van der Waals surface area (Å²) in [5, 5.41) is 3.99. The van der Waals surface area contributed by atoms with E-state index in [0.717, 1.165) is 20.0 Å². The van der Waals surface area contributed by atoms with Gasteiger partial charge in [0, 0.05) is 18.6 Å². The molecule has 0 saturated heterocycles. The minimum atomic E-state index is -4.02. The SMILES string of the molecule is CCOc1ccc(S(=O)(=O)N(CC(=O)N/N=C/c2ccc(N(C)C)c(Br)c2)c2ccccc2)cc1. The Morgan fingerprint density at radius 3 is 2.34 bits per heavy atom. The Bertz CT molecular complexity index is 1280. The standard InChI is InChI=1S/C25H27BrN4O4S/c1-4-34-21-11-13-22(14-12-21)35(32,33)30(20-8-6-5-7-9-20)18-25(31)28-27-17-19-10-15-24(29(2)3)23(26)16-19/h5-17H,4,18H2,1-3H3,(H,28,31)/b27-17+. The Morgan fingerprint density at radius 2 is 1.74 bits per heavy atom. The maximum Gasteiger partial charge on any atom is 0.264 e. The van der Waals surface area contributed by atoms with Gasteiger partial charge in [-0.2, -0.15) is 5.10 Å². The third-order valence-corrected chi connectivity index (χ3v) is 7.33. The normalized spacial score (nSPS) is 11.3. The molecule has 10 heteroatoms. The molecule has 35 heavy (non-hydrogen) atoms. The van der Waals surface area contributed by atoms with Crippen LogP contribution in [0, 0.1) is 0 Å². The van der Waals surface area contributed by atoms with Crippen molar-refractivity contribution in [3.8, 4) is 5.75 Å². The number of hydrogen-bond donors (Lipinski definition) is 1. The van der Waals surface area contributed by atoms with Crippen molar-refractivity contribution in [2.45, 2.75) is 11.8 Å². The van der Waals surface area contributed by atoms with Crippen LogP contribution in [0.4, 0.5) is 11.4 Å². The summed E-state index contributed by atoms with van der Waals surface area (Å²) in [7, 11) is -0.146. The number of amides is 1. The Hall–Kier alpha value is -3.37. The van der Waals surface area contributed by atoms with Gasteiger partial charge in [-0.3, -0.25) is 9.10 Å². The predicted octanol–water partition coefficient (Wildman–Crippen LogP) is 4.26. The summed E-state index contributed by atoms with van der Waals surface area (Å²) in [4.78, 5) is 14.7. The summed E-state index contributed by atoms with van der Waals surface area (Å²) >= 11 is 3.51. The second-order valence-electron chi connectivity index (χ2n) is 7.65. The number of rotatable bonds is 10. The van der Waals surface area contributed by atoms with Crippen LogP contribution in [-0.4, -0.2) is 47.8 Å². The molecule has 1 amide bonds. The highest BCUT2D eigenvalue weighted by molar-refractivity contribution is 9.10. The number of carbonyl (C=O) groups excluding carboxylic acids is 1. The van der Waals surface area contributed by atoms with Gasteiger partial charge >= 0.3 is 0 Å². The molecule has 0 unspecified atom stereocenters.